The van der Waals surface area contributed by atoms with Crippen LogP contribution in [0.1, 0.15) is 46.5 Å². The minimum atomic E-state index is -4.84. The van der Waals surface area contributed by atoms with Crippen LogP contribution in [0, 0.1) is 0 Å². The normalized spacial score (nSPS) is 11.7. The van der Waals surface area contributed by atoms with E-state index in [9.17, 15) is 18.0 Å². The third-order valence-electron chi connectivity index (χ3n) is 3.83. The molecule has 0 aromatic carbocycles. The summed E-state index contributed by atoms with van der Waals surface area (Å²) in [5.74, 6) is -0.746. The van der Waals surface area contributed by atoms with E-state index in [1.807, 2.05) is 13.8 Å². The van der Waals surface area contributed by atoms with Gasteiger partial charge in [0.05, 0.1) is 36.1 Å². The van der Waals surface area contributed by atoms with E-state index in [1.54, 1.807) is 5.38 Å². The Morgan fingerprint density at radius 3 is 2.62 bits per heavy atom. The number of nitrogens with zero attached hydrogens (tertiary/aromatic N) is 5. The molecule has 29 heavy (non-hydrogen) atoms. The first-order chi connectivity index (χ1) is 13.7. The Bertz CT molecular complexity index is 998. The highest BCUT2D eigenvalue weighted by Crippen LogP contribution is 2.33. The zero-order valence-corrected chi connectivity index (χ0v) is 16.5. The maximum Gasteiger partial charge on any atom is 0.434 e. The van der Waals surface area contributed by atoms with Crippen LogP contribution in [-0.2, 0) is 12.7 Å². The lowest BCUT2D eigenvalue weighted by Crippen LogP contribution is -2.26. The van der Waals surface area contributed by atoms with Crippen molar-refractivity contribution in [2.45, 2.75) is 32.5 Å². The molecule has 0 unspecified atom stereocenters. The van der Waals surface area contributed by atoms with Gasteiger partial charge in [-0.1, -0.05) is 13.8 Å². The van der Waals surface area contributed by atoms with Crippen molar-refractivity contribution in [2.24, 2.45) is 0 Å². The molecular formula is C17H17F3N6O2S. The van der Waals surface area contributed by atoms with E-state index in [4.69, 9.17) is 4.74 Å². The quantitative estimate of drug-likeness (QED) is 0.651. The Balaban J connectivity index is 1.86. The molecular weight excluding hydrogens is 409 g/mol. The van der Waals surface area contributed by atoms with Gasteiger partial charge in [0, 0.05) is 17.4 Å². The Hall–Kier alpha value is -3.02. The molecule has 0 bridgehead atoms. The Labute approximate surface area is 167 Å². The summed E-state index contributed by atoms with van der Waals surface area (Å²) in [6.07, 6.45) is -3.99. The van der Waals surface area contributed by atoms with E-state index < -0.39 is 23.3 Å². The minimum absolute atomic E-state index is 0.00682. The number of methoxy groups -OCH3 is 1. The number of ether oxygens (including phenoxy) is 1. The van der Waals surface area contributed by atoms with Gasteiger partial charge in [0.15, 0.2) is 11.5 Å². The number of aromatic nitrogens is 5. The molecule has 3 heterocycles. The second kappa shape index (κ2) is 8.15. The van der Waals surface area contributed by atoms with Crippen LogP contribution in [0.3, 0.4) is 0 Å². The number of alkyl halides is 3. The third-order valence-corrected chi connectivity index (χ3v) is 5.02. The van der Waals surface area contributed by atoms with Crippen molar-refractivity contribution >= 4 is 17.2 Å². The molecule has 0 fully saturated rings. The number of carbonyl (C=O) groups excluding carboxylic acids is 1. The summed E-state index contributed by atoms with van der Waals surface area (Å²) in [6.45, 7) is 3.97. The molecule has 1 amide bonds. The van der Waals surface area contributed by atoms with Crippen molar-refractivity contribution in [3.8, 4) is 11.7 Å². The maximum absolute atomic E-state index is 13.7. The van der Waals surface area contributed by atoms with Crippen molar-refractivity contribution in [3.05, 3.63) is 45.7 Å². The number of nitrogens with one attached hydrogen (secondary N) is 1. The predicted molar refractivity (Wildman–Crippen MR) is 98.1 cm³/mol. The Kier molecular flexibility index (Phi) is 5.82. The molecule has 154 valence electrons. The van der Waals surface area contributed by atoms with Gasteiger partial charge in [-0.25, -0.2) is 9.67 Å². The lowest BCUT2D eigenvalue weighted by atomic mass is 10.2. The molecule has 3 rings (SSSR count). The van der Waals surface area contributed by atoms with Crippen LogP contribution in [0.5, 0.6) is 5.88 Å². The van der Waals surface area contributed by atoms with Crippen molar-refractivity contribution in [1.82, 2.24) is 30.3 Å². The standard InChI is InChI=1S/C17H17F3N6O2S/c1-9(2)16-23-10(8-29-16)6-21-15(27)11-7-22-26(14(11)17(18,19)20)12-4-5-13(28-3)25-24-12/h4-5,7-9H,6H2,1-3H3,(H,21,27). The van der Waals surface area contributed by atoms with E-state index in [2.05, 4.69) is 25.6 Å². The van der Waals surface area contributed by atoms with E-state index in [-0.39, 0.29) is 24.2 Å². The number of rotatable bonds is 6. The smallest absolute Gasteiger partial charge is 0.434 e. The largest absolute Gasteiger partial charge is 0.480 e. The molecule has 0 spiro atoms. The summed E-state index contributed by atoms with van der Waals surface area (Å²) < 4.78 is 46.4. The van der Waals surface area contributed by atoms with Gasteiger partial charge >= 0.3 is 6.18 Å². The topological polar surface area (TPSA) is 94.8 Å². The van der Waals surface area contributed by atoms with Crippen LogP contribution in [0.4, 0.5) is 13.2 Å². The van der Waals surface area contributed by atoms with Gasteiger partial charge in [-0.2, -0.15) is 18.3 Å². The lowest BCUT2D eigenvalue weighted by Gasteiger charge is -2.12. The molecule has 0 saturated heterocycles. The summed E-state index contributed by atoms with van der Waals surface area (Å²) in [7, 11) is 1.35. The van der Waals surface area contributed by atoms with Gasteiger partial charge in [0.2, 0.25) is 5.88 Å². The third kappa shape index (κ3) is 4.53. The fraction of sp³-hybridized carbons (Fsp3) is 0.353. The zero-order chi connectivity index (χ0) is 21.2. The second-order valence-electron chi connectivity index (χ2n) is 6.26. The lowest BCUT2D eigenvalue weighted by molar-refractivity contribution is -0.143. The summed E-state index contributed by atoms with van der Waals surface area (Å²) in [5, 5.41) is 16.1. The first-order valence-corrected chi connectivity index (χ1v) is 9.34. The highest BCUT2D eigenvalue weighted by molar-refractivity contribution is 7.09. The average Bonchev–Trinajstić information content (AvgIpc) is 3.33. The summed E-state index contributed by atoms with van der Waals surface area (Å²) >= 11 is 1.43. The first-order valence-electron chi connectivity index (χ1n) is 8.46. The van der Waals surface area contributed by atoms with Crippen molar-refractivity contribution in [2.75, 3.05) is 7.11 Å². The van der Waals surface area contributed by atoms with Crippen LogP contribution in [0.15, 0.2) is 23.7 Å². The predicted octanol–water partition coefficient (Wildman–Crippen LogP) is 3.20. The molecule has 0 atom stereocenters. The highest BCUT2D eigenvalue weighted by atomic mass is 32.1. The molecule has 3 aromatic heterocycles. The van der Waals surface area contributed by atoms with Crippen molar-refractivity contribution in [1.29, 1.82) is 0 Å². The average molecular weight is 426 g/mol. The number of halogens is 3. The SMILES string of the molecule is COc1ccc(-n2ncc(C(=O)NCc3csc(C(C)C)n3)c2C(F)(F)F)nn1. The van der Waals surface area contributed by atoms with Gasteiger partial charge in [0.1, 0.15) is 0 Å². The molecule has 1 N–H and O–H groups in total. The second-order valence-corrected chi connectivity index (χ2v) is 7.15. The Morgan fingerprint density at radius 2 is 2.07 bits per heavy atom. The van der Waals surface area contributed by atoms with E-state index in [0.29, 0.717) is 10.4 Å². The molecule has 3 aromatic rings. The molecule has 0 aliphatic rings. The first kappa shape index (κ1) is 20.7. The fourth-order valence-electron chi connectivity index (χ4n) is 2.43. The van der Waals surface area contributed by atoms with E-state index in [0.717, 1.165) is 11.2 Å². The minimum Gasteiger partial charge on any atom is -0.480 e. The fourth-order valence-corrected chi connectivity index (χ4v) is 3.27. The van der Waals surface area contributed by atoms with Gasteiger partial charge in [-0.3, -0.25) is 4.79 Å². The van der Waals surface area contributed by atoms with Crippen LogP contribution in [0.25, 0.3) is 5.82 Å². The van der Waals surface area contributed by atoms with Crippen LogP contribution in [0.2, 0.25) is 0 Å². The molecule has 0 aliphatic carbocycles. The molecule has 12 heteroatoms. The summed E-state index contributed by atoms with van der Waals surface area (Å²) in [4.78, 5) is 16.8. The number of amides is 1. The Morgan fingerprint density at radius 1 is 1.31 bits per heavy atom. The van der Waals surface area contributed by atoms with Gasteiger partial charge in [0.25, 0.3) is 5.91 Å². The van der Waals surface area contributed by atoms with Gasteiger partial charge < -0.3 is 10.1 Å². The number of hydrogen-bond acceptors (Lipinski definition) is 7. The highest BCUT2D eigenvalue weighted by Gasteiger charge is 2.41. The number of thiazole rings is 1. The number of hydrogen-bond donors (Lipinski definition) is 1. The van der Waals surface area contributed by atoms with E-state index >= 15 is 0 Å². The summed E-state index contributed by atoms with van der Waals surface area (Å²) in [5.41, 5.74) is -1.28. The monoisotopic (exact) mass is 426 g/mol. The van der Waals surface area contributed by atoms with Crippen LogP contribution < -0.4 is 10.1 Å². The number of carbonyl (C=O) groups is 1. The van der Waals surface area contributed by atoms with E-state index in [1.165, 1.54) is 30.6 Å². The van der Waals surface area contributed by atoms with Crippen LogP contribution >= 0.6 is 11.3 Å². The molecule has 0 aliphatic heterocycles. The summed E-state index contributed by atoms with van der Waals surface area (Å²) in [6, 6.07) is 2.61. The van der Waals surface area contributed by atoms with Gasteiger partial charge in [-0.05, 0) is 6.07 Å². The van der Waals surface area contributed by atoms with Crippen molar-refractivity contribution < 1.29 is 22.7 Å². The maximum atomic E-state index is 13.7. The van der Waals surface area contributed by atoms with Gasteiger partial charge in [-0.15, -0.1) is 21.5 Å². The molecule has 0 saturated carbocycles. The molecule has 8 nitrogen and oxygen atoms in total. The van der Waals surface area contributed by atoms with Crippen LogP contribution in [-0.4, -0.2) is 38.0 Å². The zero-order valence-electron chi connectivity index (χ0n) is 15.7. The van der Waals surface area contributed by atoms with Crippen molar-refractivity contribution in [3.63, 3.8) is 0 Å². The molecule has 0 radical (unpaired) electrons.